The van der Waals surface area contributed by atoms with E-state index in [4.69, 9.17) is 0 Å². The first-order valence-corrected chi connectivity index (χ1v) is 7.98. The van der Waals surface area contributed by atoms with Crippen molar-refractivity contribution >= 4 is 5.91 Å². The summed E-state index contributed by atoms with van der Waals surface area (Å²) in [4.78, 5) is 14.2. The molecule has 4 nitrogen and oxygen atoms in total. The second kappa shape index (κ2) is 8.11. The Kier molecular flexibility index (Phi) is 6.16. The molecule has 1 amide bonds. The van der Waals surface area contributed by atoms with E-state index in [1.54, 1.807) is 0 Å². The normalized spacial score (nSPS) is 19.4. The van der Waals surface area contributed by atoms with E-state index in [0.717, 1.165) is 37.1 Å². The number of benzene rings is 1. The summed E-state index contributed by atoms with van der Waals surface area (Å²) in [5, 5.41) is 12.4. The molecule has 120 valence electrons. The van der Waals surface area contributed by atoms with E-state index < -0.39 is 0 Å². The number of nitrogens with one attached hydrogen (secondary N) is 1. The maximum Gasteiger partial charge on any atom is 0.246 e. The third-order valence-corrected chi connectivity index (χ3v) is 4.43. The number of allylic oxidation sites excluding steroid dienone is 1. The fraction of sp³-hybridized carbons (Fsp3) is 0.500. The Morgan fingerprint density at radius 2 is 2.14 bits per heavy atom. The zero-order valence-electron chi connectivity index (χ0n) is 13.5. The molecule has 1 atom stereocenters. The first-order chi connectivity index (χ1) is 10.7. The lowest BCUT2D eigenvalue weighted by Crippen LogP contribution is -2.32. The molecule has 0 spiro atoms. The highest BCUT2D eigenvalue weighted by atomic mass is 16.3. The smallest absolute Gasteiger partial charge is 0.246 e. The van der Waals surface area contributed by atoms with Crippen LogP contribution >= 0.6 is 0 Å². The number of aliphatic hydroxyl groups is 1. The van der Waals surface area contributed by atoms with Gasteiger partial charge in [0.15, 0.2) is 0 Å². The molecule has 1 aliphatic rings. The molecule has 1 aromatic rings. The van der Waals surface area contributed by atoms with Gasteiger partial charge >= 0.3 is 0 Å². The molecule has 1 aliphatic heterocycles. The van der Waals surface area contributed by atoms with Crippen molar-refractivity contribution < 1.29 is 9.90 Å². The summed E-state index contributed by atoms with van der Waals surface area (Å²) in [5.41, 5.74) is 3.10. The number of nitrogens with zero attached hydrogens (tertiary/aromatic N) is 1. The Morgan fingerprint density at radius 3 is 2.82 bits per heavy atom. The molecule has 1 saturated heterocycles. The topological polar surface area (TPSA) is 52.6 Å². The summed E-state index contributed by atoms with van der Waals surface area (Å²) in [6.07, 6.45) is 4.03. The highest BCUT2D eigenvalue weighted by molar-refractivity contribution is 5.92. The summed E-state index contributed by atoms with van der Waals surface area (Å²) < 4.78 is 0. The summed E-state index contributed by atoms with van der Waals surface area (Å²) in [6, 6.07) is 8.47. The largest absolute Gasteiger partial charge is 0.395 e. The van der Waals surface area contributed by atoms with Gasteiger partial charge in [0.25, 0.3) is 0 Å². The van der Waals surface area contributed by atoms with E-state index in [0.29, 0.717) is 6.54 Å². The summed E-state index contributed by atoms with van der Waals surface area (Å²) in [7, 11) is 0. The Morgan fingerprint density at radius 1 is 1.41 bits per heavy atom. The molecule has 1 heterocycles. The number of hydrogen-bond donors (Lipinski definition) is 2. The van der Waals surface area contributed by atoms with Crippen LogP contribution in [0.2, 0.25) is 0 Å². The molecule has 2 rings (SSSR count). The third kappa shape index (κ3) is 4.18. The number of carbonyl (C=O) groups excluding carboxylic acids is 1. The number of likely N-dealkylation sites (tertiary alicyclic amines) is 1. The lowest BCUT2D eigenvalue weighted by molar-refractivity contribution is -0.117. The van der Waals surface area contributed by atoms with E-state index in [2.05, 4.69) is 22.3 Å². The third-order valence-electron chi connectivity index (χ3n) is 4.43. The van der Waals surface area contributed by atoms with Gasteiger partial charge in [0.1, 0.15) is 0 Å². The molecule has 1 unspecified atom stereocenters. The molecule has 2 N–H and O–H groups in total. The zero-order valence-corrected chi connectivity index (χ0v) is 13.5. The van der Waals surface area contributed by atoms with Gasteiger partial charge in [0.2, 0.25) is 5.91 Å². The van der Waals surface area contributed by atoms with Crippen LogP contribution in [0.15, 0.2) is 35.9 Å². The highest BCUT2D eigenvalue weighted by Gasteiger charge is 2.24. The van der Waals surface area contributed by atoms with Gasteiger partial charge in [-0.1, -0.05) is 30.3 Å². The molecule has 0 bridgehead atoms. The van der Waals surface area contributed by atoms with E-state index in [1.807, 2.05) is 32.1 Å². The van der Waals surface area contributed by atoms with E-state index in [1.165, 1.54) is 5.56 Å². The van der Waals surface area contributed by atoms with Crippen molar-refractivity contribution in [1.82, 2.24) is 10.2 Å². The van der Waals surface area contributed by atoms with E-state index in [9.17, 15) is 9.90 Å². The molecule has 0 saturated carbocycles. The average molecular weight is 302 g/mol. The molecular weight excluding hydrogens is 276 g/mol. The Balaban J connectivity index is 2.02. The van der Waals surface area contributed by atoms with Crippen molar-refractivity contribution in [2.75, 3.05) is 13.2 Å². The van der Waals surface area contributed by atoms with Gasteiger partial charge in [-0.05, 0) is 44.4 Å². The molecular formula is C18H26N2O2. The SMILES string of the molecule is C/C=C(/C)C(=O)NCc1ccccc1CN1CCCC1CO. The summed E-state index contributed by atoms with van der Waals surface area (Å²) >= 11 is 0. The first-order valence-electron chi connectivity index (χ1n) is 7.98. The van der Waals surface area contributed by atoms with Crippen molar-refractivity contribution in [1.29, 1.82) is 0 Å². The van der Waals surface area contributed by atoms with Crippen molar-refractivity contribution in [2.24, 2.45) is 0 Å². The maximum atomic E-state index is 11.9. The number of hydrogen-bond acceptors (Lipinski definition) is 3. The van der Waals surface area contributed by atoms with Gasteiger partial charge in [0, 0.05) is 24.7 Å². The minimum Gasteiger partial charge on any atom is -0.395 e. The number of rotatable bonds is 6. The Hall–Kier alpha value is -1.65. The van der Waals surface area contributed by atoms with Crippen LogP contribution in [0.5, 0.6) is 0 Å². The fourth-order valence-corrected chi connectivity index (χ4v) is 2.86. The standard InChI is InChI=1S/C18H26N2O2/c1-3-14(2)18(22)19-11-15-7-4-5-8-16(15)12-20-10-6-9-17(20)13-21/h3-5,7-8,17,21H,6,9-13H2,1-2H3,(H,19,22)/b14-3-. The van der Waals surface area contributed by atoms with Gasteiger partial charge in [-0.15, -0.1) is 0 Å². The molecule has 1 fully saturated rings. The van der Waals surface area contributed by atoms with Crippen LogP contribution in [0.25, 0.3) is 0 Å². The van der Waals surface area contributed by atoms with Crippen LogP contribution in [0.3, 0.4) is 0 Å². The van der Waals surface area contributed by atoms with Crippen molar-refractivity contribution in [2.45, 2.75) is 45.8 Å². The predicted molar refractivity (Wildman–Crippen MR) is 88.2 cm³/mol. The number of aliphatic hydroxyl groups excluding tert-OH is 1. The minimum atomic E-state index is -0.0216. The van der Waals surface area contributed by atoms with Crippen LogP contribution in [-0.2, 0) is 17.9 Å². The van der Waals surface area contributed by atoms with Gasteiger partial charge in [-0.25, -0.2) is 0 Å². The van der Waals surface area contributed by atoms with Crippen LogP contribution in [-0.4, -0.2) is 35.1 Å². The molecule has 1 aromatic carbocycles. The van der Waals surface area contributed by atoms with Gasteiger partial charge in [0.05, 0.1) is 6.61 Å². The molecule has 22 heavy (non-hydrogen) atoms. The van der Waals surface area contributed by atoms with E-state index >= 15 is 0 Å². The molecule has 0 aromatic heterocycles. The number of amides is 1. The Bertz CT molecular complexity index is 540. The minimum absolute atomic E-state index is 0.0216. The molecule has 0 aliphatic carbocycles. The lowest BCUT2D eigenvalue weighted by atomic mass is 10.1. The molecule has 4 heteroatoms. The van der Waals surface area contributed by atoms with Gasteiger partial charge < -0.3 is 10.4 Å². The summed E-state index contributed by atoms with van der Waals surface area (Å²) in [6.45, 7) is 6.31. The number of carbonyl (C=O) groups is 1. The van der Waals surface area contributed by atoms with Crippen LogP contribution in [0.1, 0.15) is 37.8 Å². The van der Waals surface area contributed by atoms with Gasteiger partial charge in [-0.2, -0.15) is 0 Å². The fourth-order valence-electron chi connectivity index (χ4n) is 2.86. The lowest BCUT2D eigenvalue weighted by Gasteiger charge is -2.24. The second-order valence-corrected chi connectivity index (χ2v) is 5.87. The zero-order chi connectivity index (χ0) is 15.9. The second-order valence-electron chi connectivity index (χ2n) is 5.87. The van der Waals surface area contributed by atoms with Gasteiger partial charge in [-0.3, -0.25) is 9.69 Å². The van der Waals surface area contributed by atoms with Crippen molar-refractivity contribution in [3.8, 4) is 0 Å². The predicted octanol–water partition coefficient (Wildman–Crippen LogP) is 2.23. The van der Waals surface area contributed by atoms with Crippen LogP contribution in [0, 0.1) is 0 Å². The van der Waals surface area contributed by atoms with Crippen LogP contribution < -0.4 is 5.32 Å². The van der Waals surface area contributed by atoms with E-state index in [-0.39, 0.29) is 18.6 Å². The van der Waals surface area contributed by atoms with Crippen molar-refractivity contribution in [3.05, 3.63) is 47.0 Å². The quantitative estimate of drug-likeness (QED) is 0.792. The Labute approximate surface area is 132 Å². The average Bonchev–Trinajstić information content (AvgIpc) is 3.00. The molecule has 0 radical (unpaired) electrons. The maximum absolute atomic E-state index is 11.9. The first kappa shape index (κ1) is 16.7. The van der Waals surface area contributed by atoms with Crippen LogP contribution in [0.4, 0.5) is 0 Å². The summed E-state index contributed by atoms with van der Waals surface area (Å²) in [5.74, 6) is -0.0216. The van der Waals surface area contributed by atoms with Crippen molar-refractivity contribution in [3.63, 3.8) is 0 Å². The highest BCUT2D eigenvalue weighted by Crippen LogP contribution is 2.21. The monoisotopic (exact) mass is 302 g/mol.